The van der Waals surface area contributed by atoms with Crippen LogP contribution in [0, 0.1) is 5.92 Å². The van der Waals surface area contributed by atoms with Crippen LogP contribution in [0.25, 0.3) is 0 Å². The molecule has 0 unspecified atom stereocenters. The Morgan fingerprint density at radius 3 is 2.85 bits per heavy atom. The Bertz CT molecular complexity index is 333. The van der Waals surface area contributed by atoms with Gasteiger partial charge in [-0.25, -0.2) is 0 Å². The number of piperidine rings is 1. The molecule has 1 amide bonds. The molecule has 2 nitrogen and oxygen atoms in total. The zero-order valence-electron chi connectivity index (χ0n) is 7.19. The molecule has 2 fully saturated rings. The van der Waals surface area contributed by atoms with E-state index in [0.29, 0.717) is 12.0 Å². The van der Waals surface area contributed by atoms with Crippen LogP contribution in [-0.2, 0) is 4.79 Å². The minimum atomic E-state index is 0.264. The molecule has 0 radical (unpaired) electrons. The summed E-state index contributed by atoms with van der Waals surface area (Å²) in [5, 5.41) is 7.29. The molecule has 1 N–H and O–H groups in total. The molecule has 2 bridgehead atoms. The highest BCUT2D eigenvalue weighted by Gasteiger charge is 2.45. The highest BCUT2D eigenvalue weighted by molar-refractivity contribution is 7.08. The highest BCUT2D eigenvalue weighted by Crippen LogP contribution is 2.44. The first-order chi connectivity index (χ1) is 6.34. The zero-order chi connectivity index (χ0) is 8.84. The van der Waals surface area contributed by atoms with E-state index in [4.69, 9.17) is 0 Å². The highest BCUT2D eigenvalue weighted by atomic mass is 32.1. The molecule has 3 heteroatoms. The molecule has 68 valence electrons. The number of fused-ring (bicyclic) bond motifs is 2. The maximum Gasteiger partial charge on any atom is 0.224 e. The van der Waals surface area contributed by atoms with Gasteiger partial charge in [-0.2, -0.15) is 11.3 Å². The molecule has 0 spiro atoms. The van der Waals surface area contributed by atoms with Crippen molar-refractivity contribution >= 4 is 17.2 Å². The van der Waals surface area contributed by atoms with Crippen LogP contribution in [0.5, 0.6) is 0 Å². The number of carbonyl (C=O) groups excluding carboxylic acids is 1. The predicted molar refractivity (Wildman–Crippen MR) is 51.7 cm³/mol. The minimum Gasteiger partial charge on any atom is -0.353 e. The van der Waals surface area contributed by atoms with Crippen LogP contribution in [-0.4, -0.2) is 11.9 Å². The largest absolute Gasteiger partial charge is 0.353 e. The number of amides is 1. The number of hydrogen-bond acceptors (Lipinski definition) is 2. The van der Waals surface area contributed by atoms with Crippen molar-refractivity contribution in [3.63, 3.8) is 0 Å². The molecular weight excluding hydrogens is 182 g/mol. The lowest BCUT2D eigenvalue weighted by Crippen LogP contribution is -2.34. The summed E-state index contributed by atoms with van der Waals surface area (Å²) in [5.41, 5.74) is 1.37. The monoisotopic (exact) mass is 193 g/mol. The average Bonchev–Trinajstić information content (AvgIpc) is 2.76. The van der Waals surface area contributed by atoms with E-state index in [2.05, 4.69) is 22.1 Å². The third-order valence-electron chi connectivity index (χ3n) is 3.22. The minimum absolute atomic E-state index is 0.264. The molecule has 3 atom stereocenters. The lowest BCUT2D eigenvalue weighted by molar-refractivity contribution is -0.124. The maximum atomic E-state index is 11.4. The van der Waals surface area contributed by atoms with Crippen LogP contribution in [0.4, 0.5) is 0 Å². The van der Waals surface area contributed by atoms with Gasteiger partial charge in [-0.05, 0) is 41.1 Å². The molecule has 3 rings (SSSR count). The topological polar surface area (TPSA) is 29.1 Å². The van der Waals surface area contributed by atoms with E-state index in [1.54, 1.807) is 11.3 Å². The number of hydrogen-bond donors (Lipinski definition) is 1. The van der Waals surface area contributed by atoms with Gasteiger partial charge in [-0.1, -0.05) is 0 Å². The van der Waals surface area contributed by atoms with Crippen LogP contribution in [0.15, 0.2) is 16.8 Å². The van der Waals surface area contributed by atoms with Gasteiger partial charge in [0.1, 0.15) is 0 Å². The van der Waals surface area contributed by atoms with Gasteiger partial charge in [0, 0.05) is 12.0 Å². The van der Waals surface area contributed by atoms with E-state index in [-0.39, 0.29) is 11.8 Å². The number of nitrogens with one attached hydrogen (secondary N) is 1. The predicted octanol–water partition coefficient (Wildman–Crippen LogP) is 1.74. The van der Waals surface area contributed by atoms with Gasteiger partial charge in [0.15, 0.2) is 0 Å². The molecule has 1 aliphatic carbocycles. The smallest absolute Gasteiger partial charge is 0.224 e. The van der Waals surface area contributed by atoms with Gasteiger partial charge < -0.3 is 5.32 Å². The number of thiophene rings is 1. The summed E-state index contributed by atoms with van der Waals surface area (Å²) in [4.78, 5) is 11.4. The Labute approximate surface area is 81.0 Å². The van der Waals surface area contributed by atoms with Gasteiger partial charge >= 0.3 is 0 Å². The van der Waals surface area contributed by atoms with Crippen LogP contribution < -0.4 is 5.32 Å². The molecule has 0 aromatic carbocycles. The van der Waals surface area contributed by atoms with Crippen molar-refractivity contribution in [2.75, 3.05) is 0 Å². The summed E-state index contributed by atoms with van der Waals surface area (Å²) >= 11 is 1.72. The first-order valence-corrected chi connectivity index (χ1v) is 5.61. The molecule has 13 heavy (non-hydrogen) atoms. The third kappa shape index (κ3) is 1.03. The molecule has 2 heterocycles. The molecule has 1 saturated carbocycles. The van der Waals surface area contributed by atoms with E-state index < -0.39 is 0 Å². The Morgan fingerprint density at radius 2 is 2.23 bits per heavy atom. The second-order valence-corrected chi connectivity index (χ2v) is 4.73. The van der Waals surface area contributed by atoms with Gasteiger partial charge in [-0.3, -0.25) is 4.79 Å². The van der Waals surface area contributed by atoms with E-state index in [1.165, 1.54) is 5.56 Å². The lowest BCUT2D eigenvalue weighted by atomic mass is 9.89. The molecule has 2 aliphatic rings. The fraction of sp³-hybridized carbons (Fsp3) is 0.500. The molecule has 1 aromatic heterocycles. The van der Waals surface area contributed by atoms with Gasteiger partial charge in [0.25, 0.3) is 0 Å². The van der Waals surface area contributed by atoms with Crippen molar-refractivity contribution in [1.29, 1.82) is 0 Å². The number of rotatable bonds is 1. The van der Waals surface area contributed by atoms with Crippen molar-refractivity contribution in [2.24, 2.45) is 5.92 Å². The Kier molecular flexibility index (Phi) is 1.50. The zero-order valence-corrected chi connectivity index (χ0v) is 8.01. The van der Waals surface area contributed by atoms with Gasteiger partial charge in [0.2, 0.25) is 5.91 Å². The van der Waals surface area contributed by atoms with Crippen LogP contribution >= 0.6 is 11.3 Å². The quantitative estimate of drug-likeness (QED) is 0.723. The summed E-state index contributed by atoms with van der Waals surface area (Å²) in [6.07, 6.45) is 2.20. The van der Waals surface area contributed by atoms with Crippen LogP contribution in [0.2, 0.25) is 0 Å². The van der Waals surface area contributed by atoms with Crippen molar-refractivity contribution in [2.45, 2.75) is 24.8 Å². The van der Waals surface area contributed by atoms with Crippen molar-refractivity contribution in [3.8, 4) is 0 Å². The molecule has 1 aromatic rings. The molecule has 1 aliphatic heterocycles. The SMILES string of the molecule is O=C1N[C@@H]2C[C@H]1[C@@H](c1ccsc1)C2. The number of carbonyl (C=O) groups is 1. The third-order valence-corrected chi connectivity index (χ3v) is 3.92. The molecular formula is C10H11NOS. The lowest BCUT2D eigenvalue weighted by Gasteiger charge is -2.20. The fourth-order valence-electron chi connectivity index (χ4n) is 2.61. The normalized spacial score (nSPS) is 36.6. The summed E-state index contributed by atoms with van der Waals surface area (Å²) in [5.74, 6) is 1.04. The van der Waals surface area contributed by atoms with E-state index in [9.17, 15) is 4.79 Å². The maximum absolute atomic E-state index is 11.4. The van der Waals surface area contributed by atoms with Crippen LogP contribution in [0.3, 0.4) is 0 Å². The first kappa shape index (κ1) is 7.56. The van der Waals surface area contributed by atoms with Gasteiger partial charge in [0.05, 0.1) is 0 Å². The summed E-state index contributed by atoms with van der Waals surface area (Å²) in [7, 11) is 0. The van der Waals surface area contributed by atoms with Crippen LogP contribution in [0.1, 0.15) is 24.3 Å². The second kappa shape index (κ2) is 2.58. The summed E-state index contributed by atoms with van der Waals surface area (Å²) in [6.45, 7) is 0. The first-order valence-electron chi connectivity index (χ1n) is 4.67. The Morgan fingerprint density at radius 1 is 1.38 bits per heavy atom. The average molecular weight is 193 g/mol. The standard InChI is InChI=1S/C10H11NOS/c12-10-9-4-7(11-10)3-8(9)6-1-2-13-5-6/h1-2,5,7-9H,3-4H2,(H,11,12)/t7-,8+,9-/m0/s1. The summed E-state index contributed by atoms with van der Waals surface area (Å²) < 4.78 is 0. The Hall–Kier alpha value is -0.830. The van der Waals surface area contributed by atoms with Crippen molar-refractivity contribution < 1.29 is 4.79 Å². The Balaban J connectivity index is 1.92. The van der Waals surface area contributed by atoms with Crippen molar-refractivity contribution in [3.05, 3.63) is 22.4 Å². The van der Waals surface area contributed by atoms with E-state index in [0.717, 1.165) is 12.8 Å². The summed E-state index contributed by atoms with van der Waals surface area (Å²) in [6, 6.07) is 2.62. The van der Waals surface area contributed by atoms with E-state index in [1.807, 2.05) is 0 Å². The second-order valence-electron chi connectivity index (χ2n) is 3.95. The fourth-order valence-corrected chi connectivity index (χ4v) is 3.33. The van der Waals surface area contributed by atoms with E-state index >= 15 is 0 Å². The molecule has 1 saturated heterocycles. The van der Waals surface area contributed by atoms with Gasteiger partial charge in [-0.15, -0.1) is 0 Å². The van der Waals surface area contributed by atoms with Crippen molar-refractivity contribution in [1.82, 2.24) is 5.32 Å².